The molecule has 0 bridgehead atoms. The zero-order valence-corrected chi connectivity index (χ0v) is 24.8. The van der Waals surface area contributed by atoms with Crippen molar-refractivity contribution in [2.24, 2.45) is 0 Å². The first-order valence-corrected chi connectivity index (χ1v) is 15.6. The molecule has 0 fully saturated rings. The van der Waals surface area contributed by atoms with E-state index in [0.29, 0.717) is 27.8 Å². The molecule has 0 N–H and O–H groups in total. The Morgan fingerprint density at radius 3 is 1.45 bits per heavy atom. The molecule has 0 saturated heterocycles. The van der Waals surface area contributed by atoms with E-state index in [1.807, 2.05) is 6.07 Å². The number of hydrogen-bond acceptors (Lipinski definition) is 5. The fourth-order valence-corrected chi connectivity index (χ4v) is 8.36. The third-order valence-electron chi connectivity index (χ3n) is 8.17. The number of fused-ring (bicyclic) bond motifs is 6. The summed E-state index contributed by atoms with van der Waals surface area (Å²) in [6.45, 7) is 0. The second-order valence-corrected chi connectivity index (χ2v) is 12.8. The number of nitriles is 3. The quantitative estimate of drug-likeness (QED) is 0.205. The Labute approximate surface area is 261 Å². The summed E-state index contributed by atoms with van der Waals surface area (Å²) in [5.74, 6) is 0. The van der Waals surface area contributed by atoms with Crippen LogP contribution in [0.1, 0.15) is 16.7 Å². The minimum absolute atomic E-state index is 0.379. The summed E-state index contributed by atoms with van der Waals surface area (Å²) in [7, 11) is 0. The van der Waals surface area contributed by atoms with Crippen LogP contribution in [0.4, 0.5) is 0 Å². The summed E-state index contributed by atoms with van der Waals surface area (Å²) in [4.78, 5) is 0. The molecule has 0 amide bonds. The number of nitrogens with zero attached hydrogens (tertiary/aromatic N) is 3. The molecule has 44 heavy (non-hydrogen) atoms. The van der Waals surface area contributed by atoms with Gasteiger partial charge in [0, 0.05) is 51.5 Å². The SMILES string of the molecule is N#Cc1cc(C#N)cc(-c2c(-c3ccc4sc5ccccc5c4c3)ccc(-c3ccc4sc5ccccc5c4c3)c2C#N)c1. The molecule has 8 aromatic rings. The smallest absolute Gasteiger partial charge is 0.100 e. The van der Waals surface area contributed by atoms with Crippen molar-refractivity contribution >= 4 is 63.0 Å². The number of rotatable bonds is 3. The molecule has 8 rings (SSSR count). The van der Waals surface area contributed by atoms with Crippen LogP contribution in [0.25, 0.3) is 73.7 Å². The third kappa shape index (κ3) is 4.06. The average molecular weight is 594 g/mol. The van der Waals surface area contributed by atoms with Crippen LogP contribution in [0.3, 0.4) is 0 Å². The van der Waals surface area contributed by atoms with Gasteiger partial charge in [0.15, 0.2) is 0 Å². The van der Waals surface area contributed by atoms with Gasteiger partial charge in [0.1, 0.15) is 6.07 Å². The Morgan fingerprint density at radius 1 is 0.409 bits per heavy atom. The van der Waals surface area contributed by atoms with Crippen molar-refractivity contribution in [2.75, 3.05) is 0 Å². The molecule has 0 saturated carbocycles. The second kappa shape index (κ2) is 10.2. The molecule has 6 aromatic carbocycles. The van der Waals surface area contributed by atoms with Gasteiger partial charge in [-0.25, -0.2) is 0 Å². The Balaban J connectivity index is 1.43. The van der Waals surface area contributed by atoms with E-state index >= 15 is 0 Å². The topological polar surface area (TPSA) is 71.4 Å². The zero-order chi connectivity index (χ0) is 29.8. The molecule has 2 aromatic heterocycles. The lowest BCUT2D eigenvalue weighted by atomic mass is 9.85. The van der Waals surface area contributed by atoms with E-state index in [0.717, 1.165) is 33.0 Å². The molecule has 0 aliphatic carbocycles. The number of benzene rings is 6. The van der Waals surface area contributed by atoms with E-state index < -0.39 is 0 Å². The second-order valence-electron chi connectivity index (χ2n) is 10.7. The maximum atomic E-state index is 10.8. The first kappa shape index (κ1) is 25.9. The van der Waals surface area contributed by atoms with Crippen molar-refractivity contribution in [3.8, 4) is 51.6 Å². The van der Waals surface area contributed by atoms with Gasteiger partial charge < -0.3 is 0 Å². The van der Waals surface area contributed by atoms with Crippen molar-refractivity contribution in [2.45, 2.75) is 0 Å². The van der Waals surface area contributed by atoms with Crippen LogP contribution in [0.15, 0.2) is 115 Å². The van der Waals surface area contributed by atoms with Crippen molar-refractivity contribution in [1.82, 2.24) is 0 Å². The van der Waals surface area contributed by atoms with Crippen LogP contribution < -0.4 is 0 Å². The molecule has 0 radical (unpaired) electrons. The predicted octanol–water partition coefficient (Wildman–Crippen LogP) is 11.0. The lowest BCUT2D eigenvalue weighted by Crippen LogP contribution is -1.96. The first-order chi connectivity index (χ1) is 21.6. The van der Waals surface area contributed by atoms with Crippen LogP contribution in [-0.2, 0) is 0 Å². The van der Waals surface area contributed by atoms with Gasteiger partial charge in [-0.15, -0.1) is 22.7 Å². The van der Waals surface area contributed by atoms with Gasteiger partial charge in [0.2, 0.25) is 0 Å². The minimum Gasteiger partial charge on any atom is -0.192 e. The van der Waals surface area contributed by atoms with Crippen LogP contribution >= 0.6 is 22.7 Å². The van der Waals surface area contributed by atoms with E-state index in [1.165, 1.54) is 29.6 Å². The Bertz CT molecular complexity index is 2570. The Kier molecular flexibility index (Phi) is 6.00. The van der Waals surface area contributed by atoms with E-state index in [2.05, 4.69) is 109 Å². The lowest BCUT2D eigenvalue weighted by molar-refractivity contribution is 1.43. The van der Waals surface area contributed by atoms with E-state index in [4.69, 9.17) is 0 Å². The van der Waals surface area contributed by atoms with Gasteiger partial charge in [0.05, 0.1) is 28.8 Å². The molecule has 202 valence electrons. The Hall–Kier alpha value is -5.77. The molecule has 2 heterocycles. The fourth-order valence-electron chi connectivity index (χ4n) is 6.19. The summed E-state index contributed by atoms with van der Waals surface area (Å²) < 4.78 is 4.85. The molecule has 0 spiro atoms. The maximum absolute atomic E-state index is 10.8. The van der Waals surface area contributed by atoms with E-state index in [1.54, 1.807) is 40.9 Å². The molecular weight excluding hydrogens is 575 g/mol. The van der Waals surface area contributed by atoms with Gasteiger partial charge in [-0.2, -0.15) is 15.8 Å². The molecule has 0 aliphatic rings. The average Bonchev–Trinajstić information content (AvgIpc) is 3.64. The summed E-state index contributed by atoms with van der Waals surface area (Å²) in [5.41, 5.74) is 6.26. The monoisotopic (exact) mass is 593 g/mol. The van der Waals surface area contributed by atoms with Gasteiger partial charge in [0.25, 0.3) is 0 Å². The highest BCUT2D eigenvalue weighted by atomic mass is 32.1. The van der Waals surface area contributed by atoms with Crippen LogP contribution in [0.5, 0.6) is 0 Å². The lowest BCUT2D eigenvalue weighted by Gasteiger charge is -2.17. The van der Waals surface area contributed by atoms with Crippen LogP contribution in [0.2, 0.25) is 0 Å². The van der Waals surface area contributed by atoms with Gasteiger partial charge in [-0.1, -0.05) is 60.7 Å². The van der Waals surface area contributed by atoms with Gasteiger partial charge in [-0.05, 0) is 76.9 Å². The molecule has 0 atom stereocenters. The van der Waals surface area contributed by atoms with Crippen molar-refractivity contribution < 1.29 is 0 Å². The summed E-state index contributed by atoms with van der Waals surface area (Å²) in [5, 5.41) is 35.1. The summed E-state index contributed by atoms with van der Waals surface area (Å²) in [6, 6.07) is 45.7. The minimum atomic E-state index is 0.379. The number of hydrogen-bond donors (Lipinski definition) is 0. The van der Waals surface area contributed by atoms with Crippen molar-refractivity contribution in [3.05, 3.63) is 132 Å². The van der Waals surface area contributed by atoms with Crippen molar-refractivity contribution in [1.29, 1.82) is 15.8 Å². The molecule has 0 aliphatic heterocycles. The molecular formula is C39H19N3S2. The first-order valence-electron chi connectivity index (χ1n) is 14.0. The largest absolute Gasteiger partial charge is 0.192 e. The summed E-state index contributed by atoms with van der Waals surface area (Å²) in [6.07, 6.45) is 0. The molecule has 5 heteroatoms. The third-order valence-corrected chi connectivity index (χ3v) is 10.5. The summed E-state index contributed by atoms with van der Waals surface area (Å²) >= 11 is 3.52. The molecule has 3 nitrogen and oxygen atoms in total. The zero-order valence-electron chi connectivity index (χ0n) is 23.1. The highest BCUT2D eigenvalue weighted by Gasteiger charge is 2.20. The molecule has 0 unspecified atom stereocenters. The van der Waals surface area contributed by atoms with Gasteiger partial charge >= 0.3 is 0 Å². The van der Waals surface area contributed by atoms with Crippen LogP contribution in [0, 0.1) is 34.0 Å². The van der Waals surface area contributed by atoms with Crippen LogP contribution in [-0.4, -0.2) is 0 Å². The standard InChI is InChI=1S/C39H19N3S2/c40-20-23-15-24(21-41)17-27(16-23)39-29(26-10-14-38-33(19-26)31-6-2-4-8-36(31)44-38)12-11-28(34(39)22-42)25-9-13-37-32(18-25)30-5-1-3-7-35(30)43-37/h1-19H. The fraction of sp³-hybridized carbons (Fsp3) is 0. The highest BCUT2D eigenvalue weighted by Crippen LogP contribution is 2.44. The maximum Gasteiger partial charge on any atom is 0.100 e. The predicted molar refractivity (Wildman–Crippen MR) is 183 cm³/mol. The van der Waals surface area contributed by atoms with E-state index in [-0.39, 0.29) is 0 Å². The van der Waals surface area contributed by atoms with E-state index in [9.17, 15) is 15.8 Å². The highest BCUT2D eigenvalue weighted by molar-refractivity contribution is 7.26. The Morgan fingerprint density at radius 2 is 0.909 bits per heavy atom. The number of thiophene rings is 2. The normalized spacial score (nSPS) is 11.1. The van der Waals surface area contributed by atoms with Gasteiger partial charge in [-0.3, -0.25) is 0 Å². The van der Waals surface area contributed by atoms with Crippen molar-refractivity contribution in [3.63, 3.8) is 0 Å².